The Morgan fingerprint density at radius 3 is 1.92 bits per heavy atom. The highest BCUT2D eigenvalue weighted by Crippen LogP contribution is 2.56. The van der Waals surface area contributed by atoms with Crippen LogP contribution < -0.4 is 4.90 Å². The molecule has 2 aromatic rings. The maximum Gasteiger partial charge on any atom is 0.346 e. The van der Waals surface area contributed by atoms with Crippen molar-refractivity contribution in [1.29, 1.82) is 0 Å². The molecular formula is C30H31NO5S3. The molecule has 204 valence electrons. The van der Waals surface area contributed by atoms with Gasteiger partial charge < -0.3 is 9.47 Å². The minimum absolute atomic E-state index is 0.0322. The van der Waals surface area contributed by atoms with Crippen LogP contribution >= 0.6 is 35.7 Å². The number of esters is 2. The number of thioether (sulfide) groups is 2. The number of fused-ring (bicyclic) bond motifs is 1. The number of ether oxygens (including phenoxy) is 2. The van der Waals surface area contributed by atoms with Crippen molar-refractivity contribution in [2.45, 2.75) is 52.5 Å². The quantitative estimate of drug-likeness (QED) is 0.222. The van der Waals surface area contributed by atoms with Gasteiger partial charge in [0.15, 0.2) is 0 Å². The topological polar surface area (TPSA) is 72.9 Å². The molecule has 2 aromatic carbocycles. The number of carbonyl (C=O) groups excluding carboxylic acids is 3. The van der Waals surface area contributed by atoms with Crippen molar-refractivity contribution in [2.75, 3.05) is 19.1 Å². The lowest BCUT2D eigenvalue weighted by atomic mass is 9.82. The molecule has 39 heavy (non-hydrogen) atoms. The van der Waals surface area contributed by atoms with E-state index in [0.717, 1.165) is 45.8 Å². The molecule has 2 heterocycles. The zero-order chi connectivity index (χ0) is 28.9. The Morgan fingerprint density at radius 1 is 0.897 bits per heavy atom. The largest absolute Gasteiger partial charge is 0.465 e. The highest BCUT2D eigenvalue weighted by atomic mass is 32.2. The molecule has 9 heteroatoms. The minimum Gasteiger partial charge on any atom is -0.465 e. The first-order valence-electron chi connectivity index (χ1n) is 12.3. The molecule has 0 atom stereocenters. The monoisotopic (exact) mass is 581 g/mol. The van der Waals surface area contributed by atoms with E-state index in [1.165, 1.54) is 14.2 Å². The van der Waals surface area contributed by atoms with Crippen LogP contribution in [0.25, 0.3) is 5.57 Å². The number of amides is 1. The van der Waals surface area contributed by atoms with Gasteiger partial charge in [-0.2, -0.15) is 0 Å². The number of rotatable bonds is 3. The van der Waals surface area contributed by atoms with Gasteiger partial charge in [0.2, 0.25) is 0 Å². The van der Waals surface area contributed by atoms with Crippen LogP contribution in [0.4, 0.5) is 5.69 Å². The number of anilines is 1. The third kappa shape index (κ3) is 5.19. The van der Waals surface area contributed by atoms with Gasteiger partial charge in [0.05, 0.1) is 34.5 Å². The number of aryl methyl sites for hydroxylation is 1. The third-order valence-corrected chi connectivity index (χ3v) is 10.0. The third-order valence-electron chi connectivity index (χ3n) is 6.75. The lowest BCUT2D eigenvalue weighted by Crippen LogP contribution is -2.56. The molecule has 0 saturated heterocycles. The van der Waals surface area contributed by atoms with Gasteiger partial charge in [-0.25, -0.2) is 9.59 Å². The summed E-state index contributed by atoms with van der Waals surface area (Å²) in [6.45, 7) is 12.2. The average molecular weight is 582 g/mol. The van der Waals surface area contributed by atoms with E-state index in [2.05, 4.69) is 20.8 Å². The van der Waals surface area contributed by atoms with Crippen LogP contribution in [0, 0.1) is 6.92 Å². The summed E-state index contributed by atoms with van der Waals surface area (Å²) in [7, 11) is 2.54. The smallest absolute Gasteiger partial charge is 0.346 e. The number of thiocarbonyl (C=S) groups is 1. The summed E-state index contributed by atoms with van der Waals surface area (Å²) >= 11 is 8.35. The molecule has 0 bridgehead atoms. The second-order valence-electron chi connectivity index (χ2n) is 10.9. The van der Waals surface area contributed by atoms with E-state index in [9.17, 15) is 14.4 Å². The standard InChI is InChI=1S/C30H31NO5S3/c1-16-9-14-20-19(15-16)21(28-38-22(26(33)35-7)23(39-28)27(34)36-8)24(37)30(5,6)31(20)25(32)17-10-12-18(13-11-17)29(2,3)4/h9-15H,1-8H3. The van der Waals surface area contributed by atoms with Crippen molar-refractivity contribution in [3.05, 3.63) is 78.8 Å². The summed E-state index contributed by atoms with van der Waals surface area (Å²) in [5.41, 5.74) is 3.96. The van der Waals surface area contributed by atoms with Crippen molar-refractivity contribution >= 4 is 69.7 Å². The second kappa shape index (κ2) is 10.6. The van der Waals surface area contributed by atoms with Crippen LogP contribution in [0.2, 0.25) is 0 Å². The number of hydrogen-bond acceptors (Lipinski definition) is 8. The molecule has 0 N–H and O–H groups in total. The molecule has 0 spiro atoms. The second-order valence-corrected chi connectivity index (χ2v) is 13.6. The lowest BCUT2D eigenvalue weighted by Gasteiger charge is -2.45. The van der Waals surface area contributed by atoms with Crippen molar-refractivity contribution in [3.8, 4) is 0 Å². The van der Waals surface area contributed by atoms with Gasteiger partial charge in [0.25, 0.3) is 5.91 Å². The molecule has 0 radical (unpaired) electrons. The van der Waals surface area contributed by atoms with Gasteiger partial charge in [0.1, 0.15) is 9.81 Å². The van der Waals surface area contributed by atoms with Gasteiger partial charge in [-0.15, -0.1) is 0 Å². The molecule has 0 saturated carbocycles. The highest BCUT2D eigenvalue weighted by Gasteiger charge is 2.46. The minimum atomic E-state index is -0.889. The van der Waals surface area contributed by atoms with Gasteiger partial charge in [-0.05, 0) is 56.0 Å². The SMILES string of the molecule is COC(=O)C1=C(C(=O)OC)SC(=C2C(=S)C(C)(C)N(C(=O)c3ccc(C(C)(C)C)cc3)c3ccc(C)cc32)S1. The summed E-state index contributed by atoms with van der Waals surface area (Å²) in [4.78, 5) is 41.7. The molecule has 0 aromatic heterocycles. The van der Waals surface area contributed by atoms with Crippen LogP contribution in [0.5, 0.6) is 0 Å². The van der Waals surface area contributed by atoms with E-state index in [1.807, 2.05) is 63.2 Å². The van der Waals surface area contributed by atoms with E-state index < -0.39 is 17.5 Å². The van der Waals surface area contributed by atoms with Crippen molar-refractivity contribution in [2.24, 2.45) is 0 Å². The molecular weight excluding hydrogens is 551 g/mol. The van der Waals surface area contributed by atoms with Crippen LogP contribution in [0.15, 0.2) is 56.5 Å². The Kier molecular flexibility index (Phi) is 7.91. The number of benzene rings is 2. The van der Waals surface area contributed by atoms with Crippen LogP contribution in [0.1, 0.15) is 61.7 Å². The van der Waals surface area contributed by atoms with Crippen LogP contribution in [0.3, 0.4) is 0 Å². The lowest BCUT2D eigenvalue weighted by molar-refractivity contribution is -0.138. The Morgan fingerprint density at radius 2 is 1.44 bits per heavy atom. The maximum atomic E-state index is 14.1. The van der Waals surface area contributed by atoms with Crippen molar-refractivity contribution < 1.29 is 23.9 Å². The molecule has 1 amide bonds. The van der Waals surface area contributed by atoms with Crippen molar-refractivity contribution in [3.63, 3.8) is 0 Å². The summed E-state index contributed by atoms with van der Waals surface area (Å²) in [5.74, 6) is -1.40. The van der Waals surface area contributed by atoms with E-state index >= 15 is 0 Å². The number of methoxy groups -OCH3 is 2. The fourth-order valence-electron chi connectivity index (χ4n) is 4.54. The summed E-state index contributed by atoms with van der Waals surface area (Å²) in [6.07, 6.45) is 0. The Labute approximate surface area is 243 Å². The van der Waals surface area contributed by atoms with E-state index in [4.69, 9.17) is 21.7 Å². The predicted octanol–water partition coefficient (Wildman–Crippen LogP) is 6.81. The number of carbonyl (C=O) groups is 3. The van der Waals surface area contributed by atoms with Crippen LogP contribution in [-0.4, -0.2) is 42.5 Å². The van der Waals surface area contributed by atoms with E-state index in [0.29, 0.717) is 20.4 Å². The molecule has 2 aliphatic heterocycles. The summed E-state index contributed by atoms with van der Waals surface area (Å²) in [6, 6.07) is 13.6. The predicted molar refractivity (Wildman–Crippen MR) is 163 cm³/mol. The fraction of sp³-hybridized carbons (Fsp3) is 0.333. The van der Waals surface area contributed by atoms with Gasteiger partial charge in [-0.3, -0.25) is 9.69 Å². The first kappa shape index (κ1) is 29.1. The van der Waals surface area contributed by atoms with Crippen LogP contribution in [-0.2, 0) is 24.5 Å². The molecule has 6 nitrogen and oxygen atoms in total. The Balaban J connectivity index is 1.87. The number of nitrogens with zero attached hydrogens (tertiary/aromatic N) is 1. The average Bonchev–Trinajstić information content (AvgIpc) is 3.33. The van der Waals surface area contributed by atoms with E-state index in [1.54, 1.807) is 4.90 Å². The first-order chi connectivity index (χ1) is 18.2. The zero-order valence-corrected chi connectivity index (χ0v) is 25.7. The summed E-state index contributed by atoms with van der Waals surface area (Å²) in [5, 5.41) is 0. The highest BCUT2D eigenvalue weighted by molar-refractivity contribution is 8.29. The number of hydrogen-bond donors (Lipinski definition) is 0. The van der Waals surface area contributed by atoms with Gasteiger partial charge in [0, 0.05) is 16.7 Å². The summed E-state index contributed by atoms with van der Waals surface area (Å²) < 4.78 is 10.5. The Hall–Kier alpha value is -2.88. The van der Waals surface area contributed by atoms with Crippen molar-refractivity contribution in [1.82, 2.24) is 0 Å². The molecule has 0 fully saturated rings. The molecule has 4 rings (SSSR count). The van der Waals surface area contributed by atoms with Gasteiger partial charge in [-0.1, -0.05) is 80.3 Å². The first-order valence-corrected chi connectivity index (χ1v) is 14.4. The molecule has 0 aliphatic carbocycles. The zero-order valence-electron chi connectivity index (χ0n) is 23.3. The maximum absolute atomic E-state index is 14.1. The fourth-order valence-corrected chi connectivity index (χ4v) is 7.57. The Bertz CT molecular complexity index is 1430. The molecule has 2 aliphatic rings. The molecule has 0 unspecified atom stereocenters. The van der Waals surface area contributed by atoms with Gasteiger partial charge >= 0.3 is 11.9 Å². The normalized spacial score (nSPS) is 16.8. The van der Waals surface area contributed by atoms with E-state index in [-0.39, 0.29) is 21.1 Å².